The normalized spacial score (nSPS) is 15.1. The third kappa shape index (κ3) is 11.3. The summed E-state index contributed by atoms with van der Waals surface area (Å²) < 4.78 is 0. The van der Waals surface area contributed by atoms with Crippen LogP contribution in [0.1, 0.15) is 100 Å². The predicted molar refractivity (Wildman–Crippen MR) is 467 cm³/mol. The van der Waals surface area contributed by atoms with Crippen molar-refractivity contribution in [1.29, 1.82) is 0 Å². The molecule has 2 nitrogen and oxygen atoms in total. The topological polar surface area (TPSA) is 6.48 Å². The van der Waals surface area contributed by atoms with Gasteiger partial charge in [0.15, 0.2) is 0 Å². The third-order valence-corrected chi connectivity index (χ3v) is 24.3. The van der Waals surface area contributed by atoms with Gasteiger partial charge in [-0.2, -0.15) is 0 Å². The zero-order valence-corrected chi connectivity index (χ0v) is 63.2. The molecule has 2 atom stereocenters. The number of rotatable bonds is 18. The lowest BCUT2D eigenvalue weighted by Crippen LogP contribution is -2.31. The molecule has 0 heterocycles. The molecular weight excluding hydrogens is 1340 g/mol. The minimum absolute atomic E-state index is 0.546. The van der Waals surface area contributed by atoms with Gasteiger partial charge >= 0.3 is 0 Å². The smallest absolute Gasteiger partial charge is 0.0715 e. The second-order valence-corrected chi connectivity index (χ2v) is 30.7. The van der Waals surface area contributed by atoms with Gasteiger partial charge in [-0.3, -0.25) is 0 Å². The molecule has 3 aliphatic carbocycles. The second-order valence-electron chi connectivity index (χ2n) is 30.7. The van der Waals surface area contributed by atoms with E-state index in [-0.39, 0.29) is 0 Å². The molecule has 0 radical (unpaired) electrons. The van der Waals surface area contributed by atoms with Gasteiger partial charge in [-0.25, -0.2) is 0 Å². The maximum absolute atomic E-state index is 4.14. The van der Waals surface area contributed by atoms with E-state index in [1.165, 1.54) is 134 Å². The van der Waals surface area contributed by atoms with Gasteiger partial charge < -0.3 is 9.80 Å². The predicted octanol–water partition coefficient (Wildman–Crippen LogP) is 28.0. The van der Waals surface area contributed by atoms with Crippen LogP contribution in [0.4, 0.5) is 34.1 Å². The number of anilines is 6. The summed E-state index contributed by atoms with van der Waals surface area (Å²) in [6, 6.07) is 143. The molecule has 2 heteroatoms. The van der Waals surface area contributed by atoms with E-state index in [9.17, 15) is 0 Å². The first-order valence-corrected chi connectivity index (χ1v) is 38.9. The molecule has 0 aliphatic heterocycles. The minimum Gasteiger partial charge on any atom is -0.310 e. The summed E-state index contributed by atoms with van der Waals surface area (Å²) in [5.41, 5.74) is 39.0. The van der Waals surface area contributed by atoms with E-state index in [1.807, 2.05) is 12.2 Å². The lowest BCUT2D eigenvalue weighted by molar-refractivity contribution is 0.625. The van der Waals surface area contributed by atoms with E-state index < -0.39 is 16.2 Å². The first kappa shape index (κ1) is 68.2. The van der Waals surface area contributed by atoms with Crippen LogP contribution in [0.2, 0.25) is 0 Å². The highest BCUT2D eigenvalue weighted by atomic mass is 15.1. The average molecular weight is 1420 g/mol. The third-order valence-electron chi connectivity index (χ3n) is 24.3. The molecule has 0 spiro atoms. The summed E-state index contributed by atoms with van der Waals surface area (Å²) in [6.07, 6.45) is 5.41. The Morgan fingerprint density at radius 1 is 0.243 bits per heavy atom. The van der Waals surface area contributed by atoms with Gasteiger partial charge in [0.2, 0.25) is 0 Å². The fourth-order valence-corrected chi connectivity index (χ4v) is 19.4. The van der Waals surface area contributed by atoms with Crippen LogP contribution in [0.15, 0.2) is 389 Å². The Morgan fingerprint density at radius 2 is 0.541 bits per heavy atom. The summed E-state index contributed by atoms with van der Waals surface area (Å²) in [6.45, 7) is 17.3. The molecule has 16 aromatic rings. The van der Waals surface area contributed by atoms with Crippen molar-refractivity contribution in [2.75, 3.05) is 9.80 Å². The highest BCUT2D eigenvalue weighted by molar-refractivity contribution is 5.95. The Hall–Kier alpha value is -13.4. The van der Waals surface area contributed by atoms with Crippen LogP contribution < -0.4 is 9.80 Å². The van der Waals surface area contributed by atoms with E-state index in [4.69, 9.17) is 0 Å². The van der Waals surface area contributed by atoms with Crippen molar-refractivity contribution < 1.29 is 0 Å². The van der Waals surface area contributed by atoms with Gasteiger partial charge in [0.05, 0.1) is 16.2 Å². The van der Waals surface area contributed by atoms with E-state index in [0.717, 1.165) is 69.2 Å². The van der Waals surface area contributed by atoms with Crippen molar-refractivity contribution >= 4 is 46.3 Å². The number of benzene rings is 16. The van der Waals surface area contributed by atoms with Gasteiger partial charge in [-0.05, 0) is 258 Å². The molecule has 0 bridgehead atoms. The van der Waals surface area contributed by atoms with Crippen molar-refractivity contribution in [3.63, 3.8) is 0 Å². The molecular formula is C109H84N2. The molecule has 16 aromatic carbocycles. The number of fused-ring (bicyclic) bond motifs is 9. The highest BCUT2D eigenvalue weighted by Crippen LogP contribution is 2.62. The zero-order valence-electron chi connectivity index (χ0n) is 63.2. The van der Waals surface area contributed by atoms with E-state index in [1.54, 1.807) is 0 Å². The summed E-state index contributed by atoms with van der Waals surface area (Å²) in [7, 11) is 0. The molecule has 0 saturated carbocycles. The molecule has 0 fully saturated rings. The maximum Gasteiger partial charge on any atom is 0.0715 e. The summed E-state index contributed by atoms with van der Waals surface area (Å²) in [4.78, 5) is 5.06. The molecule has 0 aromatic heterocycles. The SMILES string of the molecule is C=Cc1ccc(CC2(c3ccc(C)cc3C)c3ccccc3-c3ccc(N(c4ccc(-c5ccccc5)cc4)c4ccc5c(c4)C(c4ccccc4)(c4ccccc4)c4cc(N(c6ccc(-c7ccccc7)cc6)c6ccc7c(c6)C(Cc6ccc(C=C)cc6)(c6ccc(C)cc6C)c6ccccc6-7)ccc4-5)cc32)cc1. The lowest BCUT2D eigenvalue weighted by Gasteiger charge is -2.37. The van der Waals surface area contributed by atoms with Crippen LogP contribution in [0.5, 0.6) is 0 Å². The number of nitrogens with zero attached hydrogens (tertiary/aromatic N) is 2. The maximum atomic E-state index is 4.14. The Labute approximate surface area is 653 Å². The van der Waals surface area contributed by atoms with Gasteiger partial charge in [0, 0.05) is 34.1 Å². The van der Waals surface area contributed by atoms with Gasteiger partial charge in [-0.15, -0.1) is 0 Å². The molecule has 0 N–H and O–H groups in total. The van der Waals surface area contributed by atoms with Crippen molar-refractivity contribution in [3.05, 3.63) is 489 Å². The summed E-state index contributed by atoms with van der Waals surface area (Å²) >= 11 is 0. The quantitative estimate of drug-likeness (QED) is 0.0845. The van der Waals surface area contributed by atoms with Crippen molar-refractivity contribution in [1.82, 2.24) is 0 Å². The van der Waals surface area contributed by atoms with E-state index in [2.05, 4.69) is 427 Å². The number of aryl methyl sites for hydroxylation is 4. The largest absolute Gasteiger partial charge is 0.310 e. The van der Waals surface area contributed by atoms with Crippen LogP contribution in [0.25, 0.3) is 67.8 Å². The summed E-state index contributed by atoms with van der Waals surface area (Å²) in [5.74, 6) is 0. The molecule has 19 rings (SSSR count). The monoisotopic (exact) mass is 1420 g/mol. The van der Waals surface area contributed by atoms with Crippen LogP contribution in [-0.2, 0) is 29.1 Å². The number of hydrogen-bond acceptors (Lipinski definition) is 2. The first-order chi connectivity index (χ1) is 54.5. The van der Waals surface area contributed by atoms with Gasteiger partial charge in [0.25, 0.3) is 0 Å². The van der Waals surface area contributed by atoms with Crippen molar-refractivity contribution in [2.45, 2.75) is 56.8 Å². The van der Waals surface area contributed by atoms with Crippen molar-refractivity contribution in [2.24, 2.45) is 0 Å². The highest BCUT2D eigenvalue weighted by Gasteiger charge is 2.50. The lowest BCUT2D eigenvalue weighted by atomic mass is 9.67. The fraction of sp³-hybridized carbons (Fsp3) is 0.0826. The molecule has 111 heavy (non-hydrogen) atoms. The second kappa shape index (κ2) is 27.7. The van der Waals surface area contributed by atoms with E-state index >= 15 is 0 Å². The van der Waals surface area contributed by atoms with Crippen LogP contribution in [0, 0.1) is 27.7 Å². The standard InChI is InChI=1S/C109H84N2/c1-7-77-39-43-79(44-40-77)71-107(99-63-37-73(3)65-75(99)5)101-35-23-21-33-93(101)95-59-55-89(67-103(95)107)110(87-51-47-83(48-52-87)81-25-13-9-14-26-81)91-57-61-97-98-62-58-92(70-106(98)109(105(97)69-91,85-29-17-11-18-30-85)86-31-19-12-20-32-86)111(88-53-49-84(50-54-88)82-27-15-10-16-28-82)90-56-60-96-94-34-22-24-36-102(94)108(104(96)68-90,100-64-38-74(4)66-76(100)6)72-80-45-41-78(8-2)42-46-80/h7-70H,1-2,71-72H2,3-6H3. The van der Waals surface area contributed by atoms with E-state index in [0.29, 0.717) is 0 Å². The van der Waals surface area contributed by atoms with Gasteiger partial charge in [-0.1, -0.05) is 340 Å². The molecule has 3 aliphatic rings. The molecule has 2 unspecified atom stereocenters. The summed E-state index contributed by atoms with van der Waals surface area (Å²) in [5, 5.41) is 0. The Morgan fingerprint density at radius 3 is 0.892 bits per heavy atom. The zero-order chi connectivity index (χ0) is 75.0. The molecule has 0 saturated heterocycles. The van der Waals surface area contributed by atoms with Crippen LogP contribution in [-0.4, -0.2) is 0 Å². The van der Waals surface area contributed by atoms with Crippen molar-refractivity contribution in [3.8, 4) is 55.6 Å². The minimum atomic E-state index is -0.817. The fourth-order valence-electron chi connectivity index (χ4n) is 19.4. The average Bonchev–Trinajstić information content (AvgIpc) is 1.55. The Kier molecular flexibility index (Phi) is 17.0. The first-order valence-electron chi connectivity index (χ1n) is 38.9. The Bertz CT molecular complexity index is 5870. The van der Waals surface area contributed by atoms with Crippen LogP contribution >= 0.6 is 0 Å². The molecule has 530 valence electrons. The molecule has 0 amide bonds. The Balaban J connectivity index is 0.832. The van der Waals surface area contributed by atoms with Crippen LogP contribution in [0.3, 0.4) is 0 Å². The number of hydrogen-bond donors (Lipinski definition) is 0. The van der Waals surface area contributed by atoms with Gasteiger partial charge in [0.1, 0.15) is 0 Å².